The molecule has 9 heteroatoms. The van der Waals surface area contributed by atoms with E-state index in [1.54, 1.807) is 6.08 Å². The predicted octanol–water partition coefficient (Wildman–Crippen LogP) is 3.96. The largest absolute Gasteiger partial charge is 0.350 e. The normalized spacial score (nSPS) is 15.1. The lowest BCUT2D eigenvalue weighted by Gasteiger charge is -2.12. The summed E-state index contributed by atoms with van der Waals surface area (Å²) in [5.74, 6) is -0.828. The average Bonchev–Trinajstić information content (AvgIpc) is 3.44. The van der Waals surface area contributed by atoms with Gasteiger partial charge in [-0.15, -0.1) is 11.3 Å². The van der Waals surface area contributed by atoms with Crippen LogP contribution in [0.5, 0.6) is 0 Å². The molecule has 0 aliphatic carbocycles. The van der Waals surface area contributed by atoms with Crippen molar-refractivity contribution in [1.29, 1.82) is 0 Å². The van der Waals surface area contributed by atoms with Crippen molar-refractivity contribution >= 4 is 46.2 Å². The Morgan fingerprint density at radius 3 is 2.62 bits per heavy atom. The molecule has 0 bridgehead atoms. The first-order valence-corrected chi connectivity index (χ1v) is 11.7. The van der Waals surface area contributed by atoms with Gasteiger partial charge in [-0.2, -0.15) is 5.10 Å². The Morgan fingerprint density at radius 2 is 1.91 bits per heavy atom. The van der Waals surface area contributed by atoms with Crippen molar-refractivity contribution in [2.24, 2.45) is 0 Å². The van der Waals surface area contributed by atoms with Gasteiger partial charge in [-0.25, -0.2) is 0 Å². The zero-order valence-electron chi connectivity index (χ0n) is 17.7. The third-order valence-electron chi connectivity index (χ3n) is 5.16. The van der Waals surface area contributed by atoms with Crippen molar-refractivity contribution in [2.45, 2.75) is 26.9 Å². The van der Waals surface area contributed by atoms with Crippen LogP contribution < -0.4 is 5.32 Å². The molecule has 164 valence electrons. The van der Waals surface area contributed by atoms with E-state index < -0.39 is 11.1 Å². The lowest BCUT2D eigenvalue weighted by molar-refractivity contribution is -0.129. The predicted molar refractivity (Wildman–Crippen MR) is 126 cm³/mol. The maximum Gasteiger partial charge on any atom is 0.294 e. The van der Waals surface area contributed by atoms with E-state index in [1.807, 2.05) is 66.4 Å². The van der Waals surface area contributed by atoms with E-state index >= 15 is 0 Å². The van der Waals surface area contributed by atoms with Crippen LogP contribution in [0.15, 0.2) is 52.7 Å². The summed E-state index contributed by atoms with van der Waals surface area (Å²) in [5.41, 5.74) is 3.88. The highest BCUT2D eigenvalue weighted by atomic mass is 32.2. The first-order valence-electron chi connectivity index (χ1n) is 10.0. The highest BCUT2D eigenvalue weighted by Crippen LogP contribution is 2.32. The van der Waals surface area contributed by atoms with E-state index in [0.717, 1.165) is 44.1 Å². The molecule has 1 saturated heterocycles. The van der Waals surface area contributed by atoms with Gasteiger partial charge in [0.2, 0.25) is 5.91 Å². The summed E-state index contributed by atoms with van der Waals surface area (Å²) >= 11 is 2.34. The fraction of sp³-hybridized carbons (Fsp3) is 0.217. The summed E-state index contributed by atoms with van der Waals surface area (Å²) in [6, 6.07) is 13.8. The summed E-state index contributed by atoms with van der Waals surface area (Å²) in [5, 5.41) is 8.88. The molecule has 3 heterocycles. The quantitative estimate of drug-likeness (QED) is 0.533. The number of hydrogen-bond acceptors (Lipinski definition) is 6. The van der Waals surface area contributed by atoms with E-state index in [4.69, 9.17) is 0 Å². The minimum Gasteiger partial charge on any atom is -0.350 e. The Morgan fingerprint density at radius 1 is 1.12 bits per heavy atom. The number of aryl methyl sites for hydroxylation is 1. The Bertz CT molecular complexity index is 1180. The number of hydrogen-bond donors (Lipinski definition) is 1. The van der Waals surface area contributed by atoms with Crippen molar-refractivity contribution in [3.63, 3.8) is 0 Å². The number of carbonyl (C=O) groups excluding carboxylic acids is 3. The van der Waals surface area contributed by atoms with E-state index in [9.17, 15) is 14.4 Å². The fourth-order valence-corrected chi connectivity index (χ4v) is 4.99. The second-order valence-corrected chi connectivity index (χ2v) is 9.33. The number of amides is 3. The molecule has 32 heavy (non-hydrogen) atoms. The smallest absolute Gasteiger partial charge is 0.294 e. The Kier molecular flexibility index (Phi) is 6.57. The molecule has 3 aromatic rings. The maximum absolute atomic E-state index is 12.6. The van der Waals surface area contributed by atoms with Crippen molar-refractivity contribution in [3.8, 4) is 0 Å². The molecule has 4 rings (SSSR count). The van der Waals surface area contributed by atoms with Crippen LogP contribution in [-0.4, -0.2) is 38.3 Å². The molecule has 0 saturated carbocycles. The Hall–Kier alpha value is -3.17. The van der Waals surface area contributed by atoms with Crippen molar-refractivity contribution in [2.75, 3.05) is 6.54 Å². The lowest BCUT2D eigenvalue weighted by Crippen LogP contribution is -2.39. The zero-order valence-corrected chi connectivity index (χ0v) is 19.3. The second kappa shape index (κ2) is 9.54. The topological polar surface area (TPSA) is 84.3 Å². The summed E-state index contributed by atoms with van der Waals surface area (Å²) < 4.78 is 1.91. The number of aromatic nitrogens is 2. The molecular weight excluding hydrogens is 444 g/mol. The van der Waals surface area contributed by atoms with Crippen molar-refractivity contribution in [3.05, 3.63) is 80.1 Å². The van der Waals surface area contributed by atoms with Gasteiger partial charge in [0.1, 0.15) is 6.54 Å². The fourth-order valence-electron chi connectivity index (χ4n) is 3.43. The minimum atomic E-state index is -0.438. The zero-order chi connectivity index (χ0) is 22.7. The van der Waals surface area contributed by atoms with Crippen molar-refractivity contribution < 1.29 is 14.4 Å². The number of nitrogens with zero attached hydrogens (tertiary/aromatic N) is 3. The second-order valence-electron chi connectivity index (χ2n) is 7.35. The van der Waals surface area contributed by atoms with Gasteiger partial charge in [0.25, 0.3) is 11.1 Å². The number of rotatable bonds is 7. The van der Waals surface area contributed by atoms with Crippen LogP contribution in [0.2, 0.25) is 0 Å². The Labute approximate surface area is 194 Å². The molecule has 1 fully saturated rings. The first-order chi connectivity index (χ1) is 15.4. The summed E-state index contributed by atoms with van der Waals surface area (Å²) in [4.78, 5) is 39.5. The van der Waals surface area contributed by atoms with E-state index in [1.165, 1.54) is 11.3 Å². The lowest BCUT2D eigenvalue weighted by atomic mass is 10.2. The molecule has 1 N–H and O–H groups in total. The average molecular weight is 467 g/mol. The summed E-state index contributed by atoms with van der Waals surface area (Å²) in [6.07, 6.45) is 1.68. The SMILES string of the molecule is Cc1nn(Cc2ccccc2)c(C)c1CNC(=O)CN1C(=O)S/C(=C\c2cccs2)C1=O. The molecular formula is C23H22N4O3S2. The third-order valence-corrected chi connectivity index (χ3v) is 6.89. The number of imide groups is 1. The molecule has 0 radical (unpaired) electrons. The standard InChI is InChI=1S/C23H22N4O3S2/c1-15-19(16(2)27(25-15)13-17-7-4-3-5-8-17)12-24-21(28)14-26-22(29)20(32-23(26)30)11-18-9-6-10-31-18/h3-11H,12-14H2,1-2H3,(H,24,28)/b20-11-. The van der Waals surface area contributed by atoms with Gasteiger partial charge >= 0.3 is 0 Å². The highest BCUT2D eigenvalue weighted by Gasteiger charge is 2.36. The molecule has 1 aliphatic rings. The highest BCUT2D eigenvalue weighted by molar-refractivity contribution is 8.18. The van der Waals surface area contributed by atoms with Gasteiger partial charge in [-0.05, 0) is 48.7 Å². The van der Waals surface area contributed by atoms with Crippen molar-refractivity contribution in [1.82, 2.24) is 20.0 Å². The van der Waals surface area contributed by atoms with Gasteiger partial charge in [0.05, 0.1) is 17.1 Å². The van der Waals surface area contributed by atoms with Gasteiger partial charge in [0, 0.05) is 22.7 Å². The van der Waals surface area contributed by atoms with Crippen LogP contribution in [-0.2, 0) is 22.7 Å². The van der Waals surface area contributed by atoms with Crippen LogP contribution in [0, 0.1) is 13.8 Å². The molecule has 0 unspecified atom stereocenters. The van der Waals surface area contributed by atoms with Crippen LogP contribution >= 0.6 is 23.1 Å². The molecule has 7 nitrogen and oxygen atoms in total. The Balaban J connectivity index is 1.37. The van der Waals surface area contributed by atoms with E-state index in [0.29, 0.717) is 11.4 Å². The number of nitrogens with one attached hydrogen (secondary N) is 1. The molecule has 2 aromatic heterocycles. The molecule has 1 aromatic carbocycles. The number of carbonyl (C=O) groups is 3. The molecule has 3 amide bonds. The molecule has 0 spiro atoms. The van der Waals surface area contributed by atoms with Gasteiger partial charge in [-0.3, -0.25) is 24.0 Å². The van der Waals surface area contributed by atoms with Crippen LogP contribution in [0.3, 0.4) is 0 Å². The van der Waals surface area contributed by atoms with Crippen LogP contribution in [0.1, 0.15) is 27.4 Å². The van der Waals surface area contributed by atoms with E-state index in [2.05, 4.69) is 10.4 Å². The van der Waals surface area contributed by atoms with E-state index in [-0.39, 0.29) is 19.0 Å². The summed E-state index contributed by atoms with van der Waals surface area (Å²) in [7, 11) is 0. The molecule has 1 aliphatic heterocycles. The first kappa shape index (κ1) is 22.0. The number of benzene rings is 1. The minimum absolute atomic E-state index is 0.284. The van der Waals surface area contributed by atoms with Gasteiger partial charge < -0.3 is 5.32 Å². The van der Waals surface area contributed by atoms with Crippen LogP contribution in [0.25, 0.3) is 6.08 Å². The monoisotopic (exact) mass is 466 g/mol. The van der Waals surface area contributed by atoms with Gasteiger partial charge in [-0.1, -0.05) is 36.4 Å². The summed E-state index contributed by atoms with van der Waals surface area (Å²) in [6.45, 7) is 4.50. The maximum atomic E-state index is 12.6. The number of thioether (sulfide) groups is 1. The van der Waals surface area contributed by atoms with Crippen LogP contribution in [0.4, 0.5) is 4.79 Å². The molecule has 0 atom stereocenters. The van der Waals surface area contributed by atoms with Gasteiger partial charge in [0.15, 0.2) is 0 Å². The third kappa shape index (κ3) is 4.84. The number of thiophene rings is 1.